The summed E-state index contributed by atoms with van der Waals surface area (Å²) in [6, 6.07) is 18.9. The second-order valence-electron chi connectivity index (χ2n) is 8.69. The van der Waals surface area contributed by atoms with E-state index in [2.05, 4.69) is 38.2 Å². The Morgan fingerprint density at radius 2 is 1.72 bits per heavy atom. The van der Waals surface area contributed by atoms with Crippen LogP contribution in [0.5, 0.6) is 11.5 Å². The van der Waals surface area contributed by atoms with Gasteiger partial charge in [-0.05, 0) is 72.9 Å². The standard InChI is InChI=1S/C27H30ClNO3/c1-6-31-25-15-10-19(26(30)29-24-9-7-8-23(28)18(24)2)16-20(25)17-32-22-13-11-21(12-14-22)27(3,4)5/h7-16H,6,17H2,1-5H3,(H,29,30). The Bertz CT molecular complexity index is 1090. The highest BCUT2D eigenvalue weighted by molar-refractivity contribution is 6.31. The summed E-state index contributed by atoms with van der Waals surface area (Å²) in [4.78, 5) is 12.9. The van der Waals surface area contributed by atoms with E-state index in [0.717, 1.165) is 16.9 Å². The second-order valence-corrected chi connectivity index (χ2v) is 9.09. The fourth-order valence-electron chi connectivity index (χ4n) is 3.28. The molecule has 0 saturated heterocycles. The molecule has 4 nitrogen and oxygen atoms in total. The predicted octanol–water partition coefficient (Wildman–Crippen LogP) is 7.18. The summed E-state index contributed by atoms with van der Waals surface area (Å²) >= 11 is 6.17. The minimum absolute atomic E-state index is 0.0870. The van der Waals surface area contributed by atoms with E-state index in [1.807, 2.05) is 50.2 Å². The number of benzene rings is 3. The smallest absolute Gasteiger partial charge is 0.255 e. The Labute approximate surface area is 195 Å². The van der Waals surface area contributed by atoms with Gasteiger partial charge in [0.2, 0.25) is 0 Å². The van der Waals surface area contributed by atoms with Gasteiger partial charge in [0.1, 0.15) is 18.1 Å². The van der Waals surface area contributed by atoms with E-state index in [0.29, 0.717) is 35.2 Å². The first-order valence-electron chi connectivity index (χ1n) is 10.7. The van der Waals surface area contributed by atoms with Gasteiger partial charge in [-0.15, -0.1) is 0 Å². The molecule has 1 amide bonds. The average molecular weight is 452 g/mol. The molecule has 0 radical (unpaired) electrons. The molecule has 1 N–H and O–H groups in total. The number of amides is 1. The lowest BCUT2D eigenvalue weighted by Gasteiger charge is -2.19. The minimum atomic E-state index is -0.214. The number of anilines is 1. The number of carbonyl (C=O) groups is 1. The Kier molecular flexibility index (Phi) is 7.47. The monoisotopic (exact) mass is 451 g/mol. The lowest BCUT2D eigenvalue weighted by Crippen LogP contribution is -2.14. The molecule has 0 unspecified atom stereocenters. The van der Waals surface area contributed by atoms with Crippen molar-refractivity contribution in [3.05, 3.63) is 87.9 Å². The van der Waals surface area contributed by atoms with Crippen LogP contribution < -0.4 is 14.8 Å². The van der Waals surface area contributed by atoms with Crippen molar-refractivity contribution in [1.82, 2.24) is 0 Å². The van der Waals surface area contributed by atoms with Crippen LogP contribution in [0.3, 0.4) is 0 Å². The van der Waals surface area contributed by atoms with Crippen LogP contribution in [-0.2, 0) is 12.0 Å². The molecule has 0 saturated carbocycles. The molecular weight excluding hydrogens is 422 g/mol. The zero-order chi connectivity index (χ0) is 23.3. The molecular formula is C27H30ClNO3. The van der Waals surface area contributed by atoms with Crippen LogP contribution in [-0.4, -0.2) is 12.5 Å². The summed E-state index contributed by atoms with van der Waals surface area (Å²) in [5.74, 6) is 1.26. The third-order valence-corrected chi connectivity index (χ3v) is 5.66. The molecule has 0 atom stereocenters. The second kappa shape index (κ2) is 10.1. The maximum Gasteiger partial charge on any atom is 0.255 e. The lowest BCUT2D eigenvalue weighted by molar-refractivity contribution is 0.102. The maximum atomic E-state index is 12.9. The normalized spacial score (nSPS) is 11.2. The first-order chi connectivity index (χ1) is 15.2. The summed E-state index contributed by atoms with van der Waals surface area (Å²) in [7, 11) is 0. The van der Waals surface area contributed by atoms with Crippen molar-refractivity contribution in [1.29, 1.82) is 0 Å². The topological polar surface area (TPSA) is 47.6 Å². The minimum Gasteiger partial charge on any atom is -0.493 e. The van der Waals surface area contributed by atoms with Crippen molar-refractivity contribution in [3.63, 3.8) is 0 Å². The van der Waals surface area contributed by atoms with E-state index >= 15 is 0 Å². The Morgan fingerprint density at radius 1 is 1.00 bits per heavy atom. The molecule has 0 aromatic heterocycles. The molecule has 3 rings (SSSR count). The van der Waals surface area contributed by atoms with E-state index in [1.165, 1.54) is 5.56 Å². The number of rotatable bonds is 7. The predicted molar refractivity (Wildman–Crippen MR) is 131 cm³/mol. The van der Waals surface area contributed by atoms with Crippen LogP contribution in [0, 0.1) is 6.92 Å². The third-order valence-electron chi connectivity index (χ3n) is 5.25. The van der Waals surface area contributed by atoms with Crippen molar-refractivity contribution in [3.8, 4) is 11.5 Å². The highest BCUT2D eigenvalue weighted by Gasteiger charge is 2.15. The van der Waals surface area contributed by atoms with Gasteiger partial charge in [0.15, 0.2) is 0 Å². The largest absolute Gasteiger partial charge is 0.493 e. The molecule has 3 aromatic rings. The van der Waals surface area contributed by atoms with Crippen LogP contribution in [0.4, 0.5) is 5.69 Å². The molecule has 0 spiro atoms. The fraction of sp³-hybridized carbons (Fsp3) is 0.296. The molecule has 0 fully saturated rings. The van der Waals surface area contributed by atoms with Gasteiger partial charge in [-0.2, -0.15) is 0 Å². The molecule has 0 heterocycles. The SMILES string of the molecule is CCOc1ccc(C(=O)Nc2cccc(Cl)c2C)cc1COc1ccc(C(C)(C)C)cc1. The van der Waals surface area contributed by atoms with Gasteiger partial charge in [0.05, 0.1) is 6.61 Å². The van der Waals surface area contributed by atoms with E-state index in [4.69, 9.17) is 21.1 Å². The number of carbonyl (C=O) groups excluding carboxylic acids is 1. The van der Waals surface area contributed by atoms with E-state index in [9.17, 15) is 4.79 Å². The number of hydrogen-bond donors (Lipinski definition) is 1. The molecule has 5 heteroatoms. The van der Waals surface area contributed by atoms with Crippen molar-refractivity contribution in [2.24, 2.45) is 0 Å². The van der Waals surface area contributed by atoms with Gasteiger partial charge in [0.25, 0.3) is 5.91 Å². The summed E-state index contributed by atoms with van der Waals surface area (Å²) in [6.07, 6.45) is 0. The summed E-state index contributed by atoms with van der Waals surface area (Å²) in [6.45, 7) is 11.2. The molecule has 0 aliphatic rings. The highest BCUT2D eigenvalue weighted by Crippen LogP contribution is 2.27. The van der Waals surface area contributed by atoms with Gasteiger partial charge in [-0.3, -0.25) is 4.79 Å². The molecule has 0 aliphatic carbocycles. The third kappa shape index (κ3) is 5.83. The highest BCUT2D eigenvalue weighted by atomic mass is 35.5. The molecule has 32 heavy (non-hydrogen) atoms. The number of ether oxygens (including phenoxy) is 2. The number of halogens is 1. The van der Waals surface area contributed by atoms with E-state index < -0.39 is 0 Å². The Morgan fingerprint density at radius 3 is 2.38 bits per heavy atom. The number of nitrogens with one attached hydrogen (secondary N) is 1. The summed E-state index contributed by atoms with van der Waals surface area (Å²) in [5, 5.41) is 3.55. The number of hydrogen-bond acceptors (Lipinski definition) is 3. The van der Waals surface area contributed by atoms with Crippen LogP contribution in [0.25, 0.3) is 0 Å². The van der Waals surface area contributed by atoms with Crippen LogP contribution in [0.15, 0.2) is 60.7 Å². The zero-order valence-corrected chi connectivity index (χ0v) is 20.0. The van der Waals surface area contributed by atoms with Crippen molar-refractivity contribution < 1.29 is 14.3 Å². The van der Waals surface area contributed by atoms with Crippen LogP contribution in [0.1, 0.15) is 54.7 Å². The maximum absolute atomic E-state index is 12.9. The Hall–Kier alpha value is -2.98. The quantitative estimate of drug-likeness (QED) is 0.414. The van der Waals surface area contributed by atoms with Gasteiger partial charge in [-0.1, -0.05) is 50.6 Å². The first-order valence-corrected chi connectivity index (χ1v) is 11.1. The molecule has 168 valence electrons. The van der Waals surface area contributed by atoms with Crippen LogP contribution >= 0.6 is 11.6 Å². The van der Waals surface area contributed by atoms with Crippen LogP contribution in [0.2, 0.25) is 5.02 Å². The van der Waals surface area contributed by atoms with Crippen molar-refractivity contribution in [2.75, 3.05) is 11.9 Å². The molecule has 3 aromatic carbocycles. The molecule has 0 bridgehead atoms. The fourth-order valence-corrected chi connectivity index (χ4v) is 3.45. The summed E-state index contributed by atoms with van der Waals surface area (Å²) in [5.41, 5.74) is 4.18. The Balaban J connectivity index is 1.78. The summed E-state index contributed by atoms with van der Waals surface area (Å²) < 4.78 is 11.8. The average Bonchev–Trinajstić information content (AvgIpc) is 2.76. The van der Waals surface area contributed by atoms with Gasteiger partial charge in [-0.25, -0.2) is 0 Å². The van der Waals surface area contributed by atoms with Gasteiger partial charge >= 0.3 is 0 Å². The zero-order valence-electron chi connectivity index (χ0n) is 19.3. The van der Waals surface area contributed by atoms with Gasteiger partial charge < -0.3 is 14.8 Å². The first kappa shape index (κ1) is 23.7. The van der Waals surface area contributed by atoms with E-state index in [1.54, 1.807) is 12.1 Å². The van der Waals surface area contributed by atoms with E-state index in [-0.39, 0.29) is 11.3 Å². The van der Waals surface area contributed by atoms with Crippen molar-refractivity contribution >= 4 is 23.2 Å². The van der Waals surface area contributed by atoms with Crippen molar-refractivity contribution in [2.45, 2.75) is 46.6 Å². The van der Waals surface area contributed by atoms with Gasteiger partial charge in [0, 0.05) is 21.8 Å². The lowest BCUT2D eigenvalue weighted by atomic mass is 9.87. The molecule has 0 aliphatic heterocycles.